The third kappa shape index (κ3) is 5.04. The summed E-state index contributed by atoms with van der Waals surface area (Å²) in [6.45, 7) is 6.99. The van der Waals surface area contributed by atoms with Gasteiger partial charge in [-0.15, -0.1) is 13.2 Å². The van der Waals surface area contributed by atoms with Gasteiger partial charge in [0.05, 0.1) is 28.8 Å². The van der Waals surface area contributed by atoms with Gasteiger partial charge in [-0.1, -0.05) is 12.1 Å². The first-order chi connectivity index (χ1) is 14.5. The number of hydrogen-bond donors (Lipinski definition) is 1. The van der Waals surface area contributed by atoms with E-state index in [0.29, 0.717) is 22.2 Å². The Morgan fingerprint density at radius 2 is 1.84 bits per heavy atom. The average Bonchev–Trinajstić information content (AvgIpc) is 3.11. The molecule has 0 bridgehead atoms. The number of nitrogens with one attached hydrogen (secondary N) is 1. The number of nitrogens with zero attached hydrogens (tertiary/aromatic N) is 4. The van der Waals surface area contributed by atoms with Crippen LogP contribution in [0.1, 0.15) is 44.1 Å². The van der Waals surface area contributed by atoms with Crippen LogP contribution < -0.4 is 15.6 Å². The number of fused-ring (bicyclic) bond motifs is 1. The lowest BCUT2D eigenvalue weighted by atomic mass is 10.1. The molecule has 31 heavy (non-hydrogen) atoms. The zero-order valence-electron chi connectivity index (χ0n) is 17.4. The van der Waals surface area contributed by atoms with Gasteiger partial charge in [0.15, 0.2) is 0 Å². The van der Waals surface area contributed by atoms with Gasteiger partial charge in [0, 0.05) is 6.04 Å². The molecule has 1 unspecified atom stereocenters. The molecule has 166 valence electrons. The van der Waals surface area contributed by atoms with Crippen molar-refractivity contribution in [1.29, 1.82) is 0 Å². The van der Waals surface area contributed by atoms with Crippen LogP contribution in [0.15, 0.2) is 35.3 Å². The van der Waals surface area contributed by atoms with Gasteiger partial charge in [-0.2, -0.15) is 10.2 Å². The second kappa shape index (κ2) is 8.40. The molecule has 8 nitrogen and oxygen atoms in total. The summed E-state index contributed by atoms with van der Waals surface area (Å²) >= 11 is 0. The second-order valence-electron chi connectivity index (χ2n) is 7.40. The molecule has 0 aliphatic rings. The minimum Gasteiger partial charge on any atom is -0.406 e. The van der Waals surface area contributed by atoms with Crippen LogP contribution in [0.5, 0.6) is 5.75 Å². The lowest BCUT2D eigenvalue weighted by molar-refractivity contribution is -0.274. The Morgan fingerprint density at radius 3 is 2.42 bits per heavy atom. The van der Waals surface area contributed by atoms with Gasteiger partial charge >= 0.3 is 6.36 Å². The number of alkyl halides is 3. The zero-order valence-corrected chi connectivity index (χ0v) is 17.4. The molecule has 3 rings (SSSR count). The van der Waals surface area contributed by atoms with Crippen LogP contribution in [0.25, 0.3) is 10.9 Å². The van der Waals surface area contributed by atoms with E-state index in [1.54, 1.807) is 18.5 Å². The second-order valence-corrected chi connectivity index (χ2v) is 7.40. The van der Waals surface area contributed by atoms with E-state index < -0.39 is 23.9 Å². The van der Waals surface area contributed by atoms with Crippen molar-refractivity contribution in [1.82, 2.24) is 24.9 Å². The number of carbonyl (C=O) groups excluding carboxylic acids is 1. The third-order valence-corrected chi connectivity index (χ3v) is 4.65. The normalized spacial score (nSPS) is 12.9. The third-order valence-electron chi connectivity index (χ3n) is 4.65. The summed E-state index contributed by atoms with van der Waals surface area (Å²) in [6, 6.07) is 4.73. The number of halogens is 3. The SMILES string of the molecule is Cc1nn(CC(=O)NC(C)c2ccc(OC(F)(F)F)cc2)c(=O)c2cnn(C(C)C)c12. The van der Waals surface area contributed by atoms with Crippen molar-refractivity contribution in [3.05, 3.63) is 52.1 Å². The van der Waals surface area contributed by atoms with Gasteiger partial charge in [0.2, 0.25) is 5.91 Å². The van der Waals surface area contributed by atoms with Crippen molar-refractivity contribution in [2.24, 2.45) is 0 Å². The van der Waals surface area contributed by atoms with Gasteiger partial charge in [-0.3, -0.25) is 14.3 Å². The van der Waals surface area contributed by atoms with E-state index in [1.807, 2.05) is 13.8 Å². The van der Waals surface area contributed by atoms with Crippen LogP contribution in [-0.4, -0.2) is 31.8 Å². The summed E-state index contributed by atoms with van der Waals surface area (Å²) in [5.74, 6) is -0.816. The molecule has 1 amide bonds. The van der Waals surface area contributed by atoms with Crippen molar-refractivity contribution in [2.75, 3.05) is 0 Å². The maximum atomic E-state index is 12.7. The van der Waals surface area contributed by atoms with Gasteiger partial charge < -0.3 is 10.1 Å². The van der Waals surface area contributed by atoms with Crippen LogP contribution in [-0.2, 0) is 11.3 Å². The predicted octanol–water partition coefficient (Wildman–Crippen LogP) is 3.26. The largest absolute Gasteiger partial charge is 0.573 e. The molecule has 11 heteroatoms. The first-order valence-electron chi connectivity index (χ1n) is 9.56. The molecule has 0 spiro atoms. The fourth-order valence-corrected chi connectivity index (χ4v) is 3.26. The van der Waals surface area contributed by atoms with Crippen molar-refractivity contribution in [3.63, 3.8) is 0 Å². The molecule has 0 saturated heterocycles. The molecule has 1 N–H and O–H groups in total. The maximum absolute atomic E-state index is 12.7. The Balaban J connectivity index is 1.73. The Hall–Kier alpha value is -3.37. The van der Waals surface area contributed by atoms with E-state index in [2.05, 4.69) is 20.3 Å². The number of benzene rings is 1. The highest BCUT2D eigenvalue weighted by Gasteiger charge is 2.31. The van der Waals surface area contributed by atoms with Gasteiger partial charge in [-0.05, 0) is 45.4 Å². The maximum Gasteiger partial charge on any atom is 0.573 e. The van der Waals surface area contributed by atoms with Gasteiger partial charge in [0.1, 0.15) is 12.3 Å². The predicted molar refractivity (Wildman–Crippen MR) is 107 cm³/mol. The smallest absolute Gasteiger partial charge is 0.406 e. The topological polar surface area (TPSA) is 91.0 Å². The van der Waals surface area contributed by atoms with Crippen LogP contribution in [0, 0.1) is 6.92 Å². The summed E-state index contributed by atoms with van der Waals surface area (Å²) in [6.07, 6.45) is -3.31. The fraction of sp³-hybridized carbons (Fsp3) is 0.400. The van der Waals surface area contributed by atoms with Crippen LogP contribution >= 0.6 is 0 Å². The lowest BCUT2D eigenvalue weighted by Crippen LogP contribution is -2.35. The van der Waals surface area contributed by atoms with Crippen LogP contribution in [0.4, 0.5) is 13.2 Å². The Bertz CT molecular complexity index is 1150. The van der Waals surface area contributed by atoms with Gasteiger partial charge in [-0.25, -0.2) is 4.68 Å². The van der Waals surface area contributed by atoms with Crippen molar-refractivity contribution >= 4 is 16.8 Å². The summed E-state index contributed by atoms with van der Waals surface area (Å²) < 4.78 is 43.4. The first kappa shape index (κ1) is 22.3. The molecule has 0 radical (unpaired) electrons. The Kier molecular flexibility index (Phi) is 6.05. The zero-order chi connectivity index (χ0) is 22.9. The van der Waals surface area contributed by atoms with Gasteiger partial charge in [0.25, 0.3) is 5.56 Å². The summed E-state index contributed by atoms with van der Waals surface area (Å²) in [4.78, 5) is 25.2. The Labute approximate surface area is 175 Å². The number of aromatic nitrogens is 4. The molecule has 3 aromatic rings. The average molecular weight is 437 g/mol. The molecule has 0 aliphatic carbocycles. The molecule has 2 aromatic heterocycles. The lowest BCUT2D eigenvalue weighted by Gasteiger charge is -2.16. The number of aryl methyl sites for hydroxylation is 1. The number of hydrogen-bond acceptors (Lipinski definition) is 5. The number of rotatable bonds is 6. The molecule has 1 aromatic carbocycles. The summed E-state index contributed by atoms with van der Waals surface area (Å²) in [5.41, 5.74) is 1.35. The standard InChI is InChI=1S/C20H22F3N5O3/c1-11(2)28-18-13(4)26-27(19(30)16(18)9-24-28)10-17(29)25-12(3)14-5-7-15(8-6-14)31-20(21,22)23/h5-9,11-12H,10H2,1-4H3,(H,25,29). The fourth-order valence-electron chi connectivity index (χ4n) is 3.26. The van der Waals surface area contributed by atoms with E-state index in [4.69, 9.17) is 0 Å². The van der Waals surface area contributed by atoms with Crippen molar-refractivity contribution in [3.8, 4) is 5.75 Å². The molecular weight excluding hydrogens is 415 g/mol. The number of carbonyl (C=O) groups is 1. The van der Waals surface area contributed by atoms with Crippen LogP contribution in [0.2, 0.25) is 0 Å². The minimum atomic E-state index is -4.77. The summed E-state index contributed by atoms with van der Waals surface area (Å²) in [5, 5.41) is 11.6. The monoisotopic (exact) mass is 437 g/mol. The van der Waals surface area contributed by atoms with Crippen LogP contribution in [0.3, 0.4) is 0 Å². The highest BCUT2D eigenvalue weighted by Crippen LogP contribution is 2.24. The first-order valence-corrected chi connectivity index (χ1v) is 9.56. The van der Waals surface area contributed by atoms with Crippen molar-refractivity contribution < 1.29 is 22.7 Å². The quantitative estimate of drug-likeness (QED) is 0.639. The molecule has 0 aliphatic heterocycles. The number of ether oxygens (including phenoxy) is 1. The molecule has 0 saturated carbocycles. The van der Waals surface area contributed by atoms with E-state index >= 15 is 0 Å². The minimum absolute atomic E-state index is 0.0466. The summed E-state index contributed by atoms with van der Waals surface area (Å²) in [7, 11) is 0. The molecule has 1 atom stereocenters. The van der Waals surface area contributed by atoms with E-state index in [9.17, 15) is 22.8 Å². The van der Waals surface area contributed by atoms with E-state index in [1.165, 1.54) is 30.5 Å². The molecule has 0 fully saturated rings. The molecular formula is C20H22F3N5O3. The van der Waals surface area contributed by atoms with Crippen molar-refractivity contribution in [2.45, 2.75) is 52.7 Å². The highest BCUT2D eigenvalue weighted by atomic mass is 19.4. The highest BCUT2D eigenvalue weighted by molar-refractivity contribution is 5.80. The molecule has 2 heterocycles. The van der Waals surface area contributed by atoms with E-state index in [0.717, 1.165) is 4.68 Å². The Morgan fingerprint density at radius 1 is 1.19 bits per heavy atom. The van der Waals surface area contributed by atoms with E-state index in [-0.39, 0.29) is 18.3 Å². The number of amides is 1.